The Balaban J connectivity index is 1.80. The largest absolute Gasteiger partial charge is 0.505 e. The number of carbonyl (C=O) groups is 1. The van der Waals surface area contributed by atoms with Crippen LogP contribution in [-0.4, -0.2) is 28.2 Å². The number of nitrogens with zero attached hydrogens (tertiary/aromatic N) is 2. The second-order valence-corrected chi connectivity index (χ2v) is 6.48. The molecule has 4 rings (SSSR count). The third-order valence-corrected chi connectivity index (χ3v) is 4.67. The highest BCUT2D eigenvalue weighted by molar-refractivity contribution is 5.90. The topological polar surface area (TPSA) is 84.3 Å². The minimum atomic E-state index is -0.449. The van der Waals surface area contributed by atoms with Crippen molar-refractivity contribution in [1.29, 1.82) is 0 Å². The van der Waals surface area contributed by atoms with Gasteiger partial charge in [0.2, 0.25) is 0 Å². The summed E-state index contributed by atoms with van der Waals surface area (Å²) in [6.45, 7) is 0. The van der Waals surface area contributed by atoms with Gasteiger partial charge in [-0.2, -0.15) is 0 Å². The van der Waals surface area contributed by atoms with Gasteiger partial charge in [0.25, 0.3) is 0 Å². The molecule has 0 amide bonds. The predicted molar refractivity (Wildman–Crippen MR) is 111 cm³/mol. The first-order valence-corrected chi connectivity index (χ1v) is 9.10. The first-order chi connectivity index (χ1) is 14.2. The molecular formula is C23H19N3O3. The van der Waals surface area contributed by atoms with Gasteiger partial charge in [-0.3, -0.25) is 9.97 Å². The Kier molecular flexibility index (Phi) is 5.07. The molecule has 29 heavy (non-hydrogen) atoms. The second kappa shape index (κ2) is 7.98. The number of aromatic nitrogens is 2. The van der Waals surface area contributed by atoms with Crippen molar-refractivity contribution in [1.82, 2.24) is 9.97 Å². The van der Waals surface area contributed by atoms with Crippen molar-refractivity contribution in [2.75, 3.05) is 12.4 Å². The van der Waals surface area contributed by atoms with Gasteiger partial charge in [-0.25, -0.2) is 4.79 Å². The van der Waals surface area contributed by atoms with Crippen molar-refractivity contribution in [3.8, 4) is 5.75 Å². The summed E-state index contributed by atoms with van der Waals surface area (Å²) in [5.41, 5.74) is 3.02. The van der Waals surface area contributed by atoms with E-state index in [1.165, 1.54) is 7.11 Å². The first kappa shape index (κ1) is 18.4. The smallest absolute Gasteiger partial charge is 0.337 e. The number of fused-ring (bicyclic) bond motifs is 1. The summed E-state index contributed by atoms with van der Waals surface area (Å²) < 4.78 is 4.81. The van der Waals surface area contributed by atoms with Crippen LogP contribution in [0.5, 0.6) is 5.75 Å². The third kappa shape index (κ3) is 3.73. The van der Waals surface area contributed by atoms with Crippen molar-refractivity contribution >= 4 is 22.6 Å². The highest BCUT2D eigenvalue weighted by Crippen LogP contribution is 2.35. The predicted octanol–water partition coefficient (Wildman–Crippen LogP) is 4.32. The fraction of sp³-hybridized carbons (Fsp3) is 0.0870. The van der Waals surface area contributed by atoms with Gasteiger partial charge in [0.05, 0.1) is 24.4 Å². The van der Waals surface area contributed by atoms with Crippen LogP contribution in [0.1, 0.15) is 27.7 Å². The fourth-order valence-electron chi connectivity index (χ4n) is 3.26. The number of hydrogen-bond donors (Lipinski definition) is 2. The quantitative estimate of drug-likeness (QED) is 0.498. The molecule has 2 aromatic carbocycles. The van der Waals surface area contributed by atoms with E-state index in [1.807, 2.05) is 48.5 Å². The molecular weight excluding hydrogens is 366 g/mol. The normalized spacial score (nSPS) is 11.8. The number of hydrogen-bond acceptors (Lipinski definition) is 6. The number of benzene rings is 2. The van der Waals surface area contributed by atoms with Gasteiger partial charge < -0.3 is 15.2 Å². The molecule has 1 atom stereocenters. The first-order valence-electron chi connectivity index (χ1n) is 9.10. The van der Waals surface area contributed by atoms with E-state index in [1.54, 1.807) is 30.6 Å². The van der Waals surface area contributed by atoms with E-state index < -0.39 is 12.0 Å². The van der Waals surface area contributed by atoms with Crippen LogP contribution in [0.4, 0.5) is 5.69 Å². The van der Waals surface area contributed by atoms with Crippen molar-refractivity contribution in [2.45, 2.75) is 6.04 Å². The summed E-state index contributed by atoms with van der Waals surface area (Å²) in [6.07, 6.45) is 3.35. The molecule has 4 aromatic rings. The molecule has 2 aromatic heterocycles. The van der Waals surface area contributed by atoms with Crippen LogP contribution in [0.2, 0.25) is 0 Å². The van der Waals surface area contributed by atoms with Gasteiger partial charge in [-0.05, 0) is 36.4 Å². The number of methoxy groups -OCH3 is 1. The number of pyridine rings is 2. The zero-order valence-electron chi connectivity index (χ0n) is 15.7. The molecule has 0 aliphatic heterocycles. The maximum atomic E-state index is 11.9. The van der Waals surface area contributed by atoms with Crippen molar-refractivity contribution < 1.29 is 14.6 Å². The summed E-state index contributed by atoms with van der Waals surface area (Å²) in [5, 5.41) is 15.2. The molecule has 0 spiro atoms. The third-order valence-electron chi connectivity index (χ3n) is 4.67. The van der Waals surface area contributed by atoms with E-state index >= 15 is 0 Å². The zero-order chi connectivity index (χ0) is 20.2. The van der Waals surface area contributed by atoms with Crippen molar-refractivity contribution in [3.63, 3.8) is 0 Å². The van der Waals surface area contributed by atoms with Crippen LogP contribution in [0.25, 0.3) is 10.9 Å². The number of carbonyl (C=O) groups excluding carboxylic acids is 1. The zero-order valence-corrected chi connectivity index (χ0v) is 15.7. The number of ether oxygens (including phenoxy) is 1. The molecule has 0 saturated carbocycles. The summed E-state index contributed by atoms with van der Waals surface area (Å²) in [4.78, 5) is 20.7. The van der Waals surface area contributed by atoms with E-state index in [0.717, 1.165) is 11.1 Å². The van der Waals surface area contributed by atoms with Crippen LogP contribution in [-0.2, 0) is 4.74 Å². The Hall–Kier alpha value is -3.93. The van der Waals surface area contributed by atoms with E-state index in [0.29, 0.717) is 22.3 Å². The van der Waals surface area contributed by atoms with E-state index in [9.17, 15) is 9.90 Å². The van der Waals surface area contributed by atoms with Crippen LogP contribution in [0.15, 0.2) is 79.1 Å². The van der Waals surface area contributed by atoms with Gasteiger partial charge in [0.1, 0.15) is 11.3 Å². The number of phenolic OH excluding ortho intramolecular Hbond substituents is 1. The molecule has 0 bridgehead atoms. The number of anilines is 1. The fourth-order valence-corrected chi connectivity index (χ4v) is 3.26. The lowest BCUT2D eigenvalue weighted by Gasteiger charge is -2.22. The average molecular weight is 385 g/mol. The Morgan fingerprint density at radius 2 is 1.86 bits per heavy atom. The van der Waals surface area contributed by atoms with E-state index in [4.69, 9.17) is 4.74 Å². The van der Waals surface area contributed by atoms with Crippen LogP contribution in [0.3, 0.4) is 0 Å². The van der Waals surface area contributed by atoms with Gasteiger partial charge in [-0.1, -0.05) is 30.3 Å². The second-order valence-electron chi connectivity index (χ2n) is 6.48. The van der Waals surface area contributed by atoms with Crippen LogP contribution < -0.4 is 5.32 Å². The lowest BCUT2D eigenvalue weighted by molar-refractivity contribution is 0.0601. The monoisotopic (exact) mass is 385 g/mol. The number of rotatable bonds is 5. The van der Waals surface area contributed by atoms with Crippen molar-refractivity contribution in [3.05, 3.63) is 95.9 Å². The summed E-state index contributed by atoms with van der Waals surface area (Å²) in [5.74, 6) is -0.323. The number of esters is 1. The SMILES string of the molecule is COC(=O)c1cccc(N[C@H](c2ccccn2)c2ccc3cccnc3c2O)c1. The standard InChI is InChI=1S/C23H19N3O3/c1-29-23(28)16-6-4-8-17(14-16)26-21(19-9-2-3-12-24-19)18-11-10-15-7-5-13-25-20(15)22(18)27/h2-14,21,26-27H,1H3/t21-/m0/s1. The molecule has 0 fully saturated rings. The van der Waals surface area contributed by atoms with E-state index in [-0.39, 0.29) is 5.75 Å². The molecule has 0 radical (unpaired) electrons. The minimum Gasteiger partial charge on any atom is -0.505 e. The molecule has 2 N–H and O–H groups in total. The van der Waals surface area contributed by atoms with Gasteiger partial charge >= 0.3 is 5.97 Å². The Labute approximate surface area is 167 Å². The number of aromatic hydroxyl groups is 1. The maximum Gasteiger partial charge on any atom is 0.337 e. The highest BCUT2D eigenvalue weighted by atomic mass is 16.5. The molecule has 6 nitrogen and oxygen atoms in total. The maximum absolute atomic E-state index is 11.9. The van der Waals surface area contributed by atoms with Gasteiger partial charge in [-0.15, -0.1) is 0 Å². The Bertz CT molecular complexity index is 1160. The molecule has 2 heterocycles. The molecule has 144 valence electrons. The van der Waals surface area contributed by atoms with Gasteiger partial charge in [0.15, 0.2) is 0 Å². The van der Waals surface area contributed by atoms with E-state index in [2.05, 4.69) is 15.3 Å². The Morgan fingerprint density at radius 3 is 2.66 bits per heavy atom. The lowest BCUT2D eigenvalue weighted by atomic mass is 9.99. The molecule has 0 aliphatic rings. The Morgan fingerprint density at radius 1 is 1.00 bits per heavy atom. The van der Waals surface area contributed by atoms with Crippen LogP contribution >= 0.6 is 0 Å². The summed E-state index contributed by atoms with van der Waals surface area (Å²) in [6, 6.07) is 19.7. The van der Waals surface area contributed by atoms with Crippen molar-refractivity contribution in [2.24, 2.45) is 0 Å². The summed E-state index contributed by atoms with van der Waals surface area (Å²) >= 11 is 0. The lowest BCUT2D eigenvalue weighted by Crippen LogP contribution is -2.14. The minimum absolute atomic E-state index is 0.0929. The highest BCUT2D eigenvalue weighted by Gasteiger charge is 2.21. The summed E-state index contributed by atoms with van der Waals surface area (Å²) in [7, 11) is 1.35. The average Bonchev–Trinajstić information content (AvgIpc) is 2.78. The molecule has 0 unspecified atom stereocenters. The molecule has 0 saturated heterocycles. The number of nitrogens with one attached hydrogen (secondary N) is 1. The van der Waals surface area contributed by atoms with Gasteiger partial charge in [0, 0.05) is 29.0 Å². The van der Waals surface area contributed by atoms with Crippen LogP contribution in [0, 0.1) is 0 Å². The molecule has 0 aliphatic carbocycles. The molecule has 6 heteroatoms. The number of phenols is 1.